The molecule has 0 amide bonds. The van der Waals surface area contributed by atoms with Crippen LogP contribution in [-0.2, 0) is 5.72 Å². The standard InChI is InChI=1S/C14H20INO/c1-10(2)9-14(17,16-11-7-8-11)12-5-3-4-6-13(12)15/h3-6,10-11,16-17H,7-9H2,1-2H3/t14-/m0/s1. The van der Waals surface area contributed by atoms with Gasteiger partial charge in [0.1, 0.15) is 5.72 Å². The lowest BCUT2D eigenvalue weighted by Gasteiger charge is -2.32. The van der Waals surface area contributed by atoms with Crippen molar-refractivity contribution in [3.63, 3.8) is 0 Å². The van der Waals surface area contributed by atoms with Gasteiger partial charge in [-0.1, -0.05) is 32.0 Å². The van der Waals surface area contributed by atoms with Crippen molar-refractivity contribution in [1.29, 1.82) is 0 Å². The highest BCUT2D eigenvalue weighted by atomic mass is 127. The second kappa shape index (κ2) is 5.24. The Kier molecular flexibility index (Phi) is 4.10. The Morgan fingerprint density at radius 2 is 2.06 bits per heavy atom. The lowest BCUT2D eigenvalue weighted by Crippen LogP contribution is -2.45. The molecule has 1 aromatic rings. The highest BCUT2D eigenvalue weighted by Crippen LogP contribution is 2.33. The van der Waals surface area contributed by atoms with Gasteiger partial charge in [0.15, 0.2) is 0 Å². The predicted molar refractivity (Wildman–Crippen MR) is 78.7 cm³/mol. The van der Waals surface area contributed by atoms with E-state index in [4.69, 9.17) is 0 Å². The maximum Gasteiger partial charge on any atom is 0.143 e. The largest absolute Gasteiger partial charge is 0.372 e. The van der Waals surface area contributed by atoms with Gasteiger partial charge in [-0.15, -0.1) is 0 Å². The second-order valence-corrected chi connectivity index (χ2v) is 6.52. The van der Waals surface area contributed by atoms with Crippen LogP contribution in [-0.4, -0.2) is 11.1 Å². The molecule has 1 saturated carbocycles. The average molecular weight is 345 g/mol. The summed E-state index contributed by atoms with van der Waals surface area (Å²) < 4.78 is 1.13. The smallest absolute Gasteiger partial charge is 0.143 e. The van der Waals surface area contributed by atoms with Crippen molar-refractivity contribution < 1.29 is 5.11 Å². The van der Waals surface area contributed by atoms with Gasteiger partial charge in [0, 0.05) is 15.2 Å². The van der Waals surface area contributed by atoms with Crippen LogP contribution in [0.2, 0.25) is 0 Å². The van der Waals surface area contributed by atoms with Gasteiger partial charge in [-0.25, -0.2) is 0 Å². The predicted octanol–water partition coefficient (Wildman–Crippen LogP) is 3.23. The zero-order chi connectivity index (χ0) is 12.5. The molecule has 1 atom stereocenters. The number of halogens is 1. The quantitative estimate of drug-likeness (QED) is 0.634. The molecule has 3 heteroatoms. The molecular formula is C14H20INO. The van der Waals surface area contributed by atoms with E-state index in [1.165, 1.54) is 12.8 Å². The van der Waals surface area contributed by atoms with Crippen molar-refractivity contribution in [2.24, 2.45) is 5.92 Å². The Morgan fingerprint density at radius 3 is 2.59 bits per heavy atom. The number of aliphatic hydroxyl groups is 1. The molecule has 0 radical (unpaired) electrons. The normalized spacial score (nSPS) is 19.4. The molecule has 2 N–H and O–H groups in total. The van der Waals surface area contributed by atoms with Crippen molar-refractivity contribution >= 4 is 22.6 Å². The Hall–Kier alpha value is -0.130. The number of nitrogens with one attached hydrogen (secondary N) is 1. The molecule has 0 unspecified atom stereocenters. The molecule has 1 aromatic carbocycles. The monoisotopic (exact) mass is 345 g/mol. The first-order valence-corrected chi connectivity index (χ1v) is 7.34. The fraction of sp³-hybridized carbons (Fsp3) is 0.571. The number of hydrogen-bond donors (Lipinski definition) is 2. The summed E-state index contributed by atoms with van der Waals surface area (Å²) in [4.78, 5) is 0. The van der Waals surface area contributed by atoms with Gasteiger partial charge in [0.05, 0.1) is 0 Å². The van der Waals surface area contributed by atoms with Gasteiger partial charge in [-0.3, -0.25) is 5.32 Å². The molecule has 2 rings (SSSR count). The van der Waals surface area contributed by atoms with Crippen molar-refractivity contribution in [3.05, 3.63) is 33.4 Å². The zero-order valence-corrected chi connectivity index (χ0v) is 12.6. The Labute approximate surface area is 117 Å². The van der Waals surface area contributed by atoms with Gasteiger partial charge in [0.2, 0.25) is 0 Å². The minimum Gasteiger partial charge on any atom is -0.372 e. The fourth-order valence-electron chi connectivity index (χ4n) is 2.20. The minimum absolute atomic E-state index is 0.460. The van der Waals surface area contributed by atoms with E-state index < -0.39 is 5.72 Å². The van der Waals surface area contributed by atoms with Crippen LogP contribution in [0, 0.1) is 9.49 Å². The summed E-state index contributed by atoms with van der Waals surface area (Å²) in [5.74, 6) is 0.460. The Balaban J connectivity index is 2.27. The molecule has 1 aliphatic carbocycles. The minimum atomic E-state index is -0.868. The topological polar surface area (TPSA) is 32.3 Å². The molecule has 0 heterocycles. The van der Waals surface area contributed by atoms with Crippen LogP contribution in [0.4, 0.5) is 0 Å². The number of benzene rings is 1. The van der Waals surface area contributed by atoms with E-state index in [2.05, 4.69) is 47.8 Å². The molecule has 0 saturated heterocycles. The van der Waals surface area contributed by atoms with Gasteiger partial charge in [0.25, 0.3) is 0 Å². The second-order valence-electron chi connectivity index (χ2n) is 5.36. The average Bonchev–Trinajstić information content (AvgIpc) is 3.00. The van der Waals surface area contributed by atoms with Crippen molar-refractivity contribution in [3.8, 4) is 0 Å². The summed E-state index contributed by atoms with van der Waals surface area (Å²) in [6, 6.07) is 8.58. The third-order valence-corrected chi connectivity index (χ3v) is 3.98. The fourth-order valence-corrected chi connectivity index (χ4v) is 3.03. The highest BCUT2D eigenvalue weighted by molar-refractivity contribution is 14.1. The van der Waals surface area contributed by atoms with E-state index in [0.29, 0.717) is 12.0 Å². The summed E-state index contributed by atoms with van der Waals surface area (Å²) in [6.07, 6.45) is 3.12. The third kappa shape index (κ3) is 3.42. The highest BCUT2D eigenvalue weighted by Gasteiger charge is 2.37. The van der Waals surface area contributed by atoms with Crippen LogP contribution in [0.3, 0.4) is 0 Å². The molecule has 17 heavy (non-hydrogen) atoms. The van der Waals surface area contributed by atoms with E-state index in [-0.39, 0.29) is 0 Å². The van der Waals surface area contributed by atoms with Crippen LogP contribution >= 0.6 is 22.6 Å². The number of hydrogen-bond acceptors (Lipinski definition) is 2. The Bertz CT molecular complexity index is 384. The maximum absolute atomic E-state index is 10.9. The van der Waals surface area contributed by atoms with Crippen LogP contribution in [0.5, 0.6) is 0 Å². The molecule has 0 spiro atoms. The van der Waals surface area contributed by atoms with Crippen molar-refractivity contribution in [2.75, 3.05) is 0 Å². The molecule has 1 fully saturated rings. The number of rotatable bonds is 5. The third-order valence-electron chi connectivity index (χ3n) is 3.04. The first-order chi connectivity index (χ1) is 8.01. The van der Waals surface area contributed by atoms with E-state index in [1.807, 2.05) is 18.2 Å². The van der Waals surface area contributed by atoms with Crippen LogP contribution in [0.15, 0.2) is 24.3 Å². The van der Waals surface area contributed by atoms with Crippen molar-refractivity contribution in [2.45, 2.75) is 44.9 Å². The molecule has 2 nitrogen and oxygen atoms in total. The molecule has 94 valence electrons. The van der Waals surface area contributed by atoms with Gasteiger partial charge >= 0.3 is 0 Å². The van der Waals surface area contributed by atoms with E-state index in [0.717, 1.165) is 15.6 Å². The molecule has 1 aliphatic rings. The van der Waals surface area contributed by atoms with E-state index >= 15 is 0 Å². The summed E-state index contributed by atoms with van der Waals surface area (Å²) in [5.41, 5.74) is 0.147. The summed E-state index contributed by atoms with van der Waals surface area (Å²) in [7, 11) is 0. The molecule has 0 aromatic heterocycles. The van der Waals surface area contributed by atoms with E-state index in [9.17, 15) is 5.11 Å². The molecule has 0 aliphatic heterocycles. The van der Waals surface area contributed by atoms with Gasteiger partial charge in [-0.2, -0.15) is 0 Å². The lowest BCUT2D eigenvalue weighted by atomic mass is 9.93. The molecule has 0 bridgehead atoms. The van der Waals surface area contributed by atoms with E-state index in [1.54, 1.807) is 0 Å². The SMILES string of the molecule is CC(C)C[C@@](O)(NC1CC1)c1ccccc1I. The van der Waals surface area contributed by atoms with Crippen molar-refractivity contribution in [1.82, 2.24) is 5.32 Å². The summed E-state index contributed by atoms with van der Waals surface area (Å²) >= 11 is 2.30. The summed E-state index contributed by atoms with van der Waals surface area (Å²) in [5, 5.41) is 14.3. The van der Waals surface area contributed by atoms with Gasteiger partial charge in [-0.05, 0) is 53.8 Å². The van der Waals surface area contributed by atoms with Crippen LogP contribution in [0.25, 0.3) is 0 Å². The maximum atomic E-state index is 10.9. The first-order valence-electron chi connectivity index (χ1n) is 6.26. The zero-order valence-electron chi connectivity index (χ0n) is 10.4. The first kappa shape index (κ1) is 13.3. The van der Waals surface area contributed by atoms with Crippen LogP contribution in [0.1, 0.15) is 38.7 Å². The van der Waals surface area contributed by atoms with Gasteiger partial charge < -0.3 is 5.11 Å². The van der Waals surface area contributed by atoms with Crippen LogP contribution < -0.4 is 5.32 Å². The Morgan fingerprint density at radius 1 is 1.41 bits per heavy atom. The molecular weight excluding hydrogens is 325 g/mol. The summed E-state index contributed by atoms with van der Waals surface area (Å²) in [6.45, 7) is 4.30. The lowest BCUT2D eigenvalue weighted by molar-refractivity contribution is -0.0218.